The monoisotopic (exact) mass is 362 g/mol. The van der Waals surface area contributed by atoms with Crippen LogP contribution in [0.1, 0.15) is 11.1 Å². The Morgan fingerprint density at radius 3 is 2.36 bits per heavy atom. The Morgan fingerprint density at radius 2 is 1.72 bits per heavy atom. The van der Waals surface area contributed by atoms with E-state index in [1.54, 1.807) is 50.4 Å². The van der Waals surface area contributed by atoms with Gasteiger partial charge in [0.2, 0.25) is 0 Å². The second-order valence-corrected chi connectivity index (χ2v) is 5.72. The Balaban J connectivity index is 1.96. The van der Waals surface area contributed by atoms with Crippen LogP contribution in [0.15, 0.2) is 36.4 Å². The Labute approximate surface area is 151 Å². The molecule has 0 bridgehead atoms. The summed E-state index contributed by atoms with van der Waals surface area (Å²) in [5.74, 6) is -0.334. The van der Waals surface area contributed by atoms with Crippen molar-refractivity contribution in [2.45, 2.75) is 13.5 Å². The van der Waals surface area contributed by atoms with Crippen LogP contribution >= 0.6 is 11.6 Å². The highest BCUT2D eigenvalue weighted by Crippen LogP contribution is 2.27. The number of anilines is 1. The lowest BCUT2D eigenvalue weighted by Crippen LogP contribution is -2.35. The number of hydrogen-bond donors (Lipinski definition) is 2. The van der Waals surface area contributed by atoms with Crippen molar-refractivity contribution >= 4 is 29.1 Å². The molecule has 2 rings (SSSR count). The van der Waals surface area contributed by atoms with Crippen LogP contribution in [0.5, 0.6) is 11.5 Å². The molecule has 0 unspecified atom stereocenters. The minimum Gasteiger partial charge on any atom is -0.493 e. The molecule has 2 amide bonds. The second kappa shape index (κ2) is 8.39. The van der Waals surface area contributed by atoms with E-state index in [0.717, 1.165) is 11.1 Å². The van der Waals surface area contributed by atoms with E-state index in [0.29, 0.717) is 22.2 Å². The number of nitrogens with one attached hydrogen (secondary N) is 2. The Kier molecular flexibility index (Phi) is 6.25. The summed E-state index contributed by atoms with van der Waals surface area (Å²) in [5, 5.41) is 5.69. The van der Waals surface area contributed by atoms with E-state index in [1.807, 2.05) is 0 Å². The summed E-state index contributed by atoms with van der Waals surface area (Å²) in [7, 11) is 3.07. The lowest BCUT2D eigenvalue weighted by atomic mass is 10.2. The highest BCUT2D eigenvalue weighted by molar-refractivity contribution is 6.39. The van der Waals surface area contributed by atoms with Crippen molar-refractivity contribution in [1.82, 2.24) is 5.32 Å². The quantitative estimate of drug-likeness (QED) is 0.802. The maximum atomic E-state index is 12.0. The molecule has 6 nitrogen and oxygen atoms in total. The summed E-state index contributed by atoms with van der Waals surface area (Å²) < 4.78 is 10.4. The summed E-state index contributed by atoms with van der Waals surface area (Å²) in [5.41, 5.74) is 2.09. The molecule has 0 atom stereocenters. The average Bonchev–Trinajstić information content (AvgIpc) is 2.61. The zero-order valence-corrected chi connectivity index (χ0v) is 14.9. The number of methoxy groups -OCH3 is 2. The van der Waals surface area contributed by atoms with Gasteiger partial charge in [0, 0.05) is 17.3 Å². The van der Waals surface area contributed by atoms with Crippen molar-refractivity contribution in [2.24, 2.45) is 0 Å². The molecule has 0 spiro atoms. The highest BCUT2D eigenvalue weighted by Gasteiger charge is 2.15. The van der Waals surface area contributed by atoms with Crippen molar-refractivity contribution in [1.29, 1.82) is 0 Å². The van der Waals surface area contributed by atoms with Crippen molar-refractivity contribution in [3.63, 3.8) is 0 Å². The minimum absolute atomic E-state index is 0.187. The smallest absolute Gasteiger partial charge is 0.313 e. The average molecular weight is 363 g/mol. The second-order valence-electron chi connectivity index (χ2n) is 5.29. The summed E-state index contributed by atoms with van der Waals surface area (Å²) in [6.45, 7) is 1.98. The zero-order valence-electron chi connectivity index (χ0n) is 14.2. The van der Waals surface area contributed by atoms with Gasteiger partial charge in [-0.2, -0.15) is 0 Å². The van der Waals surface area contributed by atoms with Crippen LogP contribution in [0.4, 0.5) is 5.69 Å². The molecular formula is C18H19ClN2O4. The van der Waals surface area contributed by atoms with Crippen LogP contribution in [-0.2, 0) is 16.1 Å². The van der Waals surface area contributed by atoms with Gasteiger partial charge in [0.1, 0.15) is 0 Å². The number of aryl methyl sites for hydroxylation is 1. The number of halogens is 1. The van der Waals surface area contributed by atoms with Gasteiger partial charge in [-0.05, 0) is 48.4 Å². The topological polar surface area (TPSA) is 76.7 Å². The van der Waals surface area contributed by atoms with Gasteiger partial charge in [-0.15, -0.1) is 0 Å². The minimum atomic E-state index is -0.745. The van der Waals surface area contributed by atoms with Crippen molar-refractivity contribution in [2.75, 3.05) is 19.5 Å². The van der Waals surface area contributed by atoms with E-state index < -0.39 is 11.8 Å². The van der Waals surface area contributed by atoms with Crippen molar-refractivity contribution in [3.8, 4) is 11.5 Å². The molecule has 2 N–H and O–H groups in total. The summed E-state index contributed by atoms with van der Waals surface area (Å²) in [4.78, 5) is 24.0. The van der Waals surface area contributed by atoms with Gasteiger partial charge in [0.25, 0.3) is 0 Å². The highest BCUT2D eigenvalue weighted by atomic mass is 35.5. The first-order valence-corrected chi connectivity index (χ1v) is 7.88. The molecule has 0 aliphatic carbocycles. The Hall–Kier alpha value is -2.73. The molecule has 2 aromatic carbocycles. The van der Waals surface area contributed by atoms with E-state index >= 15 is 0 Å². The standard InChI is InChI=1S/C18H19ClN2O4/c1-11-8-13(19)5-6-14(11)21-18(23)17(22)20-10-12-4-7-15(24-2)16(9-12)25-3/h4-9H,10H2,1-3H3,(H,20,22)(H,21,23). The number of benzene rings is 2. The van der Waals surface area contributed by atoms with Crippen LogP contribution in [0.25, 0.3) is 0 Å². The molecule has 0 aliphatic heterocycles. The molecule has 0 radical (unpaired) electrons. The van der Waals surface area contributed by atoms with Gasteiger partial charge in [-0.1, -0.05) is 17.7 Å². The fraction of sp³-hybridized carbons (Fsp3) is 0.222. The van der Waals surface area contributed by atoms with Crippen LogP contribution in [0.3, 0.4) is 0 Å². The number of ether oxygens (including phenoxy) is 2. The molecule has 7 heteroatoms. The molecule has 0 saturated carbocycles. The van der Waals surface area contributed by atoms with E-state index in [-0.39, 0.29) is 6.54 Å². The lowest BCUT2D eigenvalue weighted by molar-refractivity contribution is -0.136. The molecule has 25 heavy (non-hydrogen) atoms. The number of carbonyl (C=O) groups excluding carboxylic acids is 2. The third-order valence-electron chi connectivity index (χ3n) is 3.54. The SMILES string of the molecule is COc1ccc(CNC(=O)C(=O)Nc2ccc(Cl)cc2C)cc1OC. The number of rotatable bonds is 5. The molecule has 132 valence electrons. The molecule has 0 heterocycles. The van der Waals surface area contributed by atoms with Crippen LogP contribution in [0.2, 0.25) is 5.02 Å². The van der Waals surface area contributed by atoms with Crippen LogP contribution < -0.4 is 20.1 Å². The van der Waals surface area contributed by atoms with Gasteiger partial charge < -0.3 is 20.1 Å². The van der Waals surface area contributed by atoms with E-state index in [2.05, 4.69) is 10.6 Å². The molecule has 0 aliphatic rings. The van der Waals surface area contributed by atoms with E-state index in [9.17, 15) is 9.59 Å². The van der Waals surface area contributed by atoms with Gasteiger partial charge in [0.15, 0.2) is 11.5 Å². The predicted molar refractivity (Wildman–Crippen MR) is 96.2 cm³/mol. The summed E-state index contributed by atoms with van der Waals surface area (Å²) in [6, 6.07) is 10.3. The number of carbonyl (C=O) groups is 2. The van der Waals surface area contributed by atoms with E-state index in [1.165, 1.54) is 7.11 Å². The third-order valence-corrected chi connectivity index (χ3v) is 3.78. The first-order chi connectivity index (χ1) is 11.9. The maximum absolute atomic E-state index is 12.0. The first-order valence-electron chi connectivity index (χ1n) is 7.51. The largest absolute Gasteiger partial charge is 0.493 e. The van der Waals surface area contributed by atoms with Gasteiger partial charge in [-0.3, -0.25) is 9.59 Å². The normalized spacial score (nSPS) is 10.1. The lowest BCUT2D eigenvalue weighted by Gasteiger charge is -2.11. The first kappa shape index (κ1) is 18.6. The number of amides is 2. The van der Waals surface area contributed by atoms with Gasteiger partial charge in [-0.25, -0.2) is 0 Å². The predicted octanol–water partition coefficient (Wildman–Crippen LogP) is 2.92. The molecule has 0 saturated heterocycles. The van der Waals surface area contributed by atoms with Gasteiger partial charge >= 0.3 is 11.8 Å². The van der Waals surface area contributed by atoms with E-state index in [4.69, 9.17) is 21.1 Å². The van der Waals surface area contributed by atoms with Crippen molar-refractivity contribution in [3.05, 3.63) is 52.5 Å². The molecule has 0 fully saturated rings. The third kappa shape index (κ3) is 4.87. The van der Waals surface area contributed by atoms with Crippen molar-refractivity contribution < 1.29 is 19.1 Å². The fourth-order valence-electron chi connectivity index (χ4n) is 2.20. The Morgan fingerprint density at radius 1 is 1.00 bits per heavy atom. The molecule has 0 aromatic heterocycles. The van der Waals surface area contributed by atoms with Gasteiger partial charge in [0.05, 0.1) is 14.2 Å². The maximum Gasteiger partial charge on any atom is 0.313 e. The van der Waals surface area contributed by atoms with Crippen LogP contribution in [-0.4, -0.2) is 26.0 Å². The summed E-state index contributed by atoms with van der Waals surface area (Å²) in [6.07, 6.45) is 0. The fourth-order valence-corrected chi connectivity index (χ4v) is 2.43. The van der Waals surface area contributed by atoms with Crippen LogP contribution in [0, 0.1) is 6.92 Å². The molecular weight excluding hydrogens is 344 g/mol. The Bertz CT molecular complexity index is 793. The molecule has 2 aromatic rings. The number of hydrogen-bond acceptors (Lipinski definition) is 4. The summed E-state index contributed by atoms with van der Waals surface area (Å²) >= 11 is 5.87. The zero-order chi connectivity index (χ0) is 18.4.